The smallest absolute Gasteiger partial charge is 0.281 e. The number of fused-ring (bicyclic) bond motifs is 3. The van der Waals surface area contributed by atoms with Crippen LogP contribution in [0.25, 0.3) is 10.2 Å². The highest BCUT2D eigenvalue weighted by molar-refractivity contribution is 7.18. The monoisotopic (exact) mass is 386 g/mol. The molecule has 0 unspecified atom stereocenters. The second-order valence-corrected chi connectivity index (χ2v) is 7.65. The molecule has 1 aliphatic rings. The van der Waals surface area contributed by atoms with Gasteiger partial charge in [-0.25, -0.2) is 9.66 Å². The Labute approximate surface area is 160 Å². The van der Waals surface area contributed by atoms with Crippen LogP contribution < -0.4 is 20.9 Å². The third-order valence-electron chi connectivity index (χ3n) is 4.67. The van der Waals surface area contributed by atoms with Crippen molar-refractivity contribution in [1.82, 2.24) is 14.6 Å². The van der Waals surface area contributed by atoms with E-state index in [2.05, 4.69) is 16.9 Å². The lowest BCUT2D eigenvalue weighted by Gasteiger charge is -2.21. The topological polar surface area (TPSA) is 82.6 Å². The maximum Gasteiger partial charge on any atom is 0.281 e. The van der Waals surface area contributed by atoms with Gasteiger partial charge in [0, 0.05) is 18.0 Å². The zero-order valence-corrected chi connectivity index (χ0v) is 16.2. The highest BCUT2D eigenvalue weighted by Crippen LogP contribution is 2.32. The summed E-state index contributed by atoms with van der Waals surface area (Å²) < 4.78 is 12.3. The number of nitrogens with zero attached hydrogens (tertiary/aromatic N) is 3. The van der Waals surface area contributed by atoms with E-state index in [0.29, 0.717) is 23.6 Å². The van der Waals surface area contributed by atoms with Crippen LogP contribution in [0, 0.1) is 0 Å². The lowest BCUT2D eigenvalue weighted by Crippen LogP contribution is -2.33. The summed E-state index contributed by atoms with van der Waals surface area (Å²) in [7, 11) is 2.08. The minimum absolute atomic E-state index is 0.123. The van der Waals surface area contributed by atoms with Gasteiger partial charge in [-0.2, -0.15) is 0 Å². The third-order valence-corrected chi connectivity index (χ3v) is 5.78. The highest BCUT2D eigenvalue weighted by Gasteiger charge is 2.23. The molecule has 0 amide bonds. The van der Waals surface area contributed by atoms with Crippen LogP contribution >= 0.6 is 11.3 Å². The molecule has 4 rings (SSSR count). The molecular formula is C19H22N4O3S. The molecule has 1 aliphatic heterocycles. The number of hydrogen-bond donors (Lipinski definition) is 1. The first-order chi connectivity index (χ1) is 13.1. The van der Waals surface area contributed by atoms with Crippen LogP contribution in [0.15, 0.2) is 29.1 Å². The van der Waals surface area contributed by atoms with Crippen molar-refractivity contribution < 1.29 is 9.47 Å². The van der Waals surface area contributed by atoms with Crippen molar-refractivity contribution in [3.05, 3.63) is 50.9 Å². The molecule has 1 aromatic carbocycles. The average Bonchev–Trinajstić information content (AvgIpc) is 3.02. The Hall–Kier alpha value is -2.58. The van der Waals surface area contributed by atoms with Crippen LogP contribution in [-0.4, -0.2) is 34.8 Å². The van der Waals surface area contributed by atoms with Crippen molar-refractivity contribution in [3.63, 3.8) is 0 Å². The van der Waals surface area contributed by atoms with Gasteiger partial charge in [0.25, 0.3) is 5.56 Å². The van der Waals surface area contributed by atoms with Crippen LogP contribution in [0.5, 0.6) is 11.5 Å². The van der Waals surface area contributed by atoms with E-state index in [-0.39, 0.29) is 12.2 Å². The lowest BCUT2D eigenvalue weighted by atomic mass is 10.1. The number of hydrogen-bond acceptors (Lipinski definition) is 7. The van der Waals surface area contributed by atoms with Crippen LogP contribution in [0.3, 0.4) is 0 Å². The minimum Gasteiger partial charge on any atom is -0.494 e. The van der Waals surface area contributed by atoms with E-state index in [0.717, 1.165) is 40.3 Å². The van der Waals surface area contributed by atoms with E-state index in [1.807, 2.05) is 31.2 Å². The number of rotatable bonds is 5. The number of likely N-dealkylation sites (N-methyl/N-ethyl adjacent to an activating group) is 1. The molecule has 0 radical (unpaired) electrons. The molecule has 0 fully saturated rings. The number of nitrogens with two attached hydrogens (primary N) is 1. The summed E-state index contributed by atoms with van der Waals surface area (Å²) in [5.74, 6) is 7.90. The van der Waals surface area contributed by atoms with E-state index in [1.165, 1.54) is 4.88 Å². The van der Waals surface area contributed by atoms with Gasteiger partial charge in [-0.05, 0) is 50.2 Å². The first-order valence-electron chi connectivity index (χ1n) is 8.92. The summed E-state index contributed by atoms with van der Waals surface area (Å²) in [6.45, 7) is 4.46. The summed E-state index contributed by atoms with van der Waals surface area (Å²) in [5.41, 5.74) is 0.899. The van der Waals surface area contributed by atoms with Crippen LogP contribution in [0.2, 0.25) is 0 Å². The fourth-order valence-electron chi connectivity index (χ4n) is 3.27. The normalized spacial score (nSPS) is 14.3. The first kappa shape index (κ1) is 17.8. The zero-order chi connectivity index (χ0) is 19.0. The summed E-state index contributed by atoms with van der Waals surface area (Å²) in [6.07, 6.45) is 0.852. The Morgan fingerprint density at radius 3 is 2.63 bits per heavy atom. The molecular weight excluding hydrogens is 364 g/mol. The summed E-state index contributed by atoms with van der Waals surface area (Å²) in [4.78, 5) is 21.6. The Kier molecular flexibility index (Phi) is 4.75. The van der Waals surface area contributed by atoms with Crippen LogP contribution in [-0.2, 0) is 19.6 Å². The quantitative estimate of drug-likeness (QED) is 0.677. The summed E-state index contributed by atoms with van der Waals surface area (Å²) in [6, 6.07) is 7.33. The average molecular weight is 386 g/mol. The predicted molar refractivity (Wildman–Crippen MR) is 106 cm³/mol. The molecule has 0 saturated carbocycles. The van der Waals surface area contributed by atoms with Crippen molar-refractivity contribution in [3.8, 4) is 11.5 Å². The molecule has 27 heavy (non-hydrogen) atoms. The van der Waals surface area contributed by atoms with E-state index >= 15 is 0 Å². The standard InChI is InChI=1S/C19H22N4O3S/c1-3-25-12-4-6-13(7-5-12)26-11-16-21-18-17(19(24)23(16)20)14-8-9-22(2)10-15(14)27-18/h4-7H,3,8-11,20H2,1-2H3. The van der Waals surface area contributed by atoms with E-state index < -0.39 is 0 Å². The molecule has 0 atom stereocenters. The van der Waals surface area contributed by atoms with Crippen molar-refractivity contribution in [1.29, 1.82) is 0 Å². The number of benzene rings is 1. The van der Waals surface area contributed by atoms with Gasteiger partial charge in [0.2, 0.25) is 0 Å². The van der Waals surface area contributed by atoms with E-state index in [4.69, 9.17) is 15.3 Å². The number of thiophene rings is 1. The second kappa shape index (κ2) is 7.21. The van der Waals surface area contributed by atoms with Crippen molar-refractivity contribution in [2.75, 3.05) is 26.0 Å². The Balaban J connectivity index is 1.60. The van der Waals surface area contributed by atoms with Gasteiger partial charge in [-0.15, -0.1) is 11.3 Å². The second-order valence-electron chi connectivity index (χ2n) is 6.57. The molecule has 8 heteroatoms. The first-order valence-corrected chi connectivity index (χ1v) is 9.74. The molecule has 0 saturated heterocycles. The third kappa shape index (κ3) is 3.38. The van der Waals surface area contributed by atoms with Gasteiger partial charge in [-0.1, -0.05) is 0 Å². The molecule has 7 nitrogen and oxygen atoms in total. The van der Waals surface area contributed by atoms with Gasteiger partial charge in [0.15, 0.2) is 5.82 Å². The predicted octanol–water partition coefficient (Wildman–Crippen LogP) is 2.14. The fraction of sp³-hybridized carbons (Fsp3) is 0.368. The fourth-order valence-corrected chi connectivity index (χ4v) is 4.58. The Morgan fingerprint density at radius 2 is 1.93 bits per heavy atom. The molecule has 3 heterocycles. The Morgan fingerprint density at radius 1 is 1.22 bits per heavy atom. The largest absolute Gasteiger partial charge is 0.494 e. The summed E-state index contributed by atoms with van der Waals surface area (Å²) in [5, 5.41) is 0.662. The van der Waals surface area contributed by atoms with Crippen LogP contribution in [0.1, 0.15) is 23.2 Å². The van der Waals surface area contributed by atoms with Crippen molar-refractivity contribution >= 4 is 21.6 Å². The van der Waals surface area contributed by atoms with Gasteiger partial charge >= 0.3 is 0 Å². The molecule has 0 aliphatic carbocycles. The molecule has 0 bridgehead atoms. The van der Waals surface area contributed by atoms with Crippen LogP contribution in [0.4, 0.5) is 0 Å². The number of ether oxygens (including phenoxy) is 2. The maximum absolute atomic E-state index is 12.8. The SMILES string of the molecule is CCOc1ccc(OCc2nc3sc4c(c3c(=O)n2N)CCN(C)C4)cc1. The molecule has 3 aromatic rings. The van der Waals surface area contributed by atoms with Gasteiger partial charge in [0.05, 0.1) is 12.0 Å². The zero-order valence-electron chi connectivity index (χ0n) is 15.4. The van der Waals surface area contributed by atoms with Crippen molar-refractivity contribution in [2.45, 2.75) is 26.5 Å². The highest BCUT2D eigenvalue weighted by atomic mass is 32.1. The van der Waals surface area contributed by atoms with Gasteiger partial charge in [-0.3, -0.25) is 4.79 Å². The van der Waals surface area contributed by atoms with Gasteiger partial charge < -0.3 is 20.2 Å². The van der Waals surface area contributed by atoms with E-state index in [1.54, 1.807) is 11.3 Å². The van der Waals surface area contributed by atoms with Gasteiger partial charge in [0.1, 0.15) is 22.9 Å². The summed E-state index contributed by atoms with van der Waals surface area (Å²) >= 11 is 1.58. The van der Waals surface area contributed by atoms with E-state index in [9.17, 15) is 4.79 Å². The molecule has 2 aromatic heterocycles. The molecule has 0 spiro atoms. The maximum atomic E-state index is 12.8. The minimum atomic E-state index is -0.202. The number of aromatic nitrogens is 2. The van der Waals surface area contributed by atoms with Crippen molar-refractivity contribution in [2.24, 2.45) is 0 Å². The Bertz CT molecular complexity index is 1030. The molecule has 2 N–H and O–H groups in total. The molecule has 142 valence electrons. The number of nitrogen functional groups attached to an aromatic ring is 1. The lowest BCUT2D eigenvalue weighted by molar-refractivity contribution is 0.289.